The Hall–Kier alpha value is 4.81. The van der Waals surface area contributed by atoms with Crippen molar-refractivity contribution in [1.29, 1.82) is 0 Å². The molecule has 21 heteroatoms. The molecule has 0 aromatic carbocycles. The molecule has 12 nitrogen and oxygen atoms in total. The van der Waals surface area contributed by atoms with E-state index in [1.807, 2.05) is 0 Å². The van der Waals surface area contributed by atoms with Gasteiger partial charge in [-0.2, -0.15) is 0 Å². The Morgan fingerprint density at radius 3 is 0.381 bits per heavy atom. The summed E-state index contributed by atoms with van der Waals surface area (Å²) in [6, 6.07) is 0. The number of rotatable bonds is 0. The Morgan fingerprint density at radius 2 is 0.381 bits per heavy atom. The molecule has 0 unspecified atom stereocenters. The van der Waals surface area contributed by atoms with E-state index in [1.54, 1.807) is 0 Å². The minimum absolute atomic E-state index is 0. The van der Waals surface area contributed by atoms with Crippen LogP contribution in [0.15, 0.2) is 0 Å². The summed E-state index contributed by atoms with van der Waals surface area (Å²) in [6.45, 7) is 0. The van der Waals surface area contributed by atoms with Crippen molar-refractivity contribution < 1.29 is 95.8 Å². The standard InChI is InChI=1S/3BO3.2Ca.2Mg.2Mn.3H2O/c3*2-1(3)4;;;;;;;;;/h;;;;;;;;;3*1H2/q3*-3;6*+2;;;/p-3. The molecular weight excluding hydrogens is 463 g/mol. The maximum absolute atomic E-state index is 8.42. The van der Waals surface area contributed by atoms with Gasteiger partial charge in [-0.15, -0.1) is 0 Å². The fraction of sp³-hybridized carbons (Fsp3) is 0. The third kappa shape index (κ3) is 559. The molecule has 0 heterocycles. The van der Waals surface area contributed by atoms with Gasteiger partial charge in [0, 0.05) is 0 Å². The molecule has 0 saturated heterocycles. The smallest absolute Gasteiger partial charge is 0.907 e. The maximum atomic E-state index is 8.42. The van der Waals surface area contributed by atoms with Gasteiger partial charge in [0.05, 0.1) is 0 Å². The molecule has 0 atom stereocenters. The normalized spacial score (nSPS) is 3.86. The van der Waals surface area contributed by atoms with Gasteiger partial charge in [-0.05, 0) is 0 Å². The van der Waals surface area contributed by atoms with Crippen LogP contribution in [0.25, 0.3) is 0 Å². The summed E-state index contributed by atoms with van der Waals surface area (Å²) in [7, 11) is -8.75. The molecule has 0 saturated carbocycles. The third-order valence-corrected chi connectivity index (χ3v) is 0. The summed E-state index contributed by atoms with van der Waals surface area (Å²) in [5.74, 6) is 0. The van der Waals surface area contributed by atoms with Crippen molar-refractivity contribution in [3.8, 4) is 0 Å². The summed E-state index contributed by atoms with van der Waals surface area (Å²) < 4.78 is 0. The molecule has 0 aliphatic carbocycles. The van der Waals surface area contributed by atoms with E-state index in [2.05, 4.69) is 0 Å². The molecule has 0 aliphatic rings. The van der Waals surface area contributed by atoms with Gasteiger partial charge in [-0.25, -0.2) is 0 Å². The number of hydrogen-bond donors (Lipinski definition) is 0. The first-order chi connectivity index (χ1) is 5.20. The average molecular weight is 466 g/mol. The molecule has 0 aromatic heterocycles. The van der Waals surface area contributed by atoms with E-state index >= 15 is 0 Å². The van der Waals surface area contributed by atoms with Gasteiger partial charge >= 0.3 is 156 Å². The summed E-state index contributed by atoms with van der Waals surface area (Å²) in [5.41, 5.74) is 0. The molecule has 0 aromatic rings. The largest absolute Gasteiger partial charge is 2.00 e. The topological polar surface area (TPSA) is 298 Å². The van der Waals surface area contributed by atoms with Crippen molar-refractivity contribution in [2.24, 2.45) is 0 Å². The quantitative estimate of drug-likeness (QED) is 0.300. The van der Waals surface area contributed by atoms with E-state index in [1.165, 1.54) is 0 Å². The van der Waals surface area contributed by atoms with E-state index < -0.39 is 22.0 Å². The summed E-state index contributed by atoms with van der Waals surface area (Å²) >= 11 is 0. The van der Waals surface area contributed by atoms with Crippen LogP contribution in [-0.2, 0) is 34.1 Å². The van der Waals surface area contributed by atoms with Crippen LogP contribution in [0.2, 0.25) is 0 Å². The monoisotopic (exact) mass is 466 g/mol. The molecule has 2 radical (unpaired) electrons. The van der Waals surface area contributed by atoms with Crippen molar-refractivity contribution in [2.75, 3.05) is 0 Å². The predicted octanol–water partition coefficient (Wildman–Crippen LogP) is -13.9. The van der Waals surface area contributed by atoms with Gasteiger partial charge in [0.2, 0.25) is 0 Å². The van der Waals surface area contributed by atoms with E-state index in [0.29, 0.717) is 0 Å². The molecule has 0 bridgehead atoms. The SMILES string of the molecule is [Ca+2].[Ca+2].[Mg+2].[Mg+2].[Mn+2].[Mn+2].[O-]B([O-])[O-].[O-]B([O-])[O-].[O-]B([O-])[O-].[OH-].[OH-].[OH-]. The molecular formula is H3B3Ca2Mg2Mn2O12. The van der Waals surface area contributed by atoms with Gasteiger partial charge in [0.25, 0.3) is 0 Å². The molecule has 0 rings (SSSR count). The Morgan fingerprint density at radius 1 is 0.381 bits per heavy atom. The summed E-state index contributed by atoms with van der Waals surface area (Å²) in [6.07, 6.45) is 0. The Bertz CT molecular complexity index is 67.0. The molecule has 0 spiro atoms. The average Bonchev–Trinajstić information content (AvgIpc) is 1.54. The second-order valence-electron chi connectivity index (χ2n) is 0.866. The molecule has 0 amide bonds. The van der Waals surface area contributed by atoms with Crippen molar-refractivity contribution in [2.45, 2.75) is 0 Å². The molecule has 0 aliphatic heterocycles. The zero-order chi connectivity index (χ0) is 10.7. The van der Waals surface area contributed by atoms with Gasteiger partial charge in [-0.1, -0.05) is 0 Å². The third-order valence-electron chi connectivity index (χ3n) is 0. The zero-order valence-electron chi connectivity index (χ0n) is 10.3. The predicted molar refractivity (Wildman–Crippen MR) is 46.1 cm³/mol. The van der Waals surface area contributed by atoms with Crippen LogP contribution in [0.3, 0.4) is 0 Å². The second kappa shape index (κ2) is 73.8. The van der Waals surface area contributed by atoms with Crippen molar-refractivity contribution in [3.05, 3.63) is 0 Å². The van der Waals surface area contributed by atoms with Crippen LogP contribution in [-0.4, -0.2) is 160 Å². The van der Waals surface area contributed by atoms with Crippen LogP contribution >= 0.6 is 0 Å². The fourth-order valence-corrected chi connectivity index (χ4v) is 0. The Balaban J connectivity index is -0.00000000476. The van der Waals surface area contributed by atoms with Crippen LogP contribution in [0, 0.1) is 0 Å². The van der Waals surface area contributed by atoms with Crippen molar-refractivity contribution >= 4 is 144 Å². The Labute approximate surface area is 235 Å². The minimum Gasteiger partial charge on any atom is -0.907 e. The van der Waals surface area contributed by atoms with E-state index in [0.717, 1.165) is 0 Å². The van der Waals surface area contributed by atoms with Gasteiger partial charge < -0.3 is 61.6 Å². The fourth-order valence-electron chi connectivity index (χ4n) is 0. The van der Waals surface area contributed by atoms with Crippen LogP contribution < -0.4 is 45.2 Å². The number of hydrogen-bond acceptors (Lipinski definition) is 12. The molecule has 3 N–H and O–H groups in total. The molecule has 106 valence electrons. The first-order valence-corrected chi connectivity index (χ1v) is 2.12. The maximum Gasteiger partial charge on any atom is 2.00 e. The van der Waals surface area contributed by atoms with Crippen LogP contribution in [0.1, 0.15) is 0 Å². The van der Waals surface area contributed by atoms with Crippen LogP contribution in [0.5, 0.6) is 0 Å². The minimum atomic E-state index is -2.92. The second-order valence-corrected chi connectivity index (χ2v) is 0.866. The van der Waals surface area contributed by atoms with E-state index in [9.17, 15) is 0 Å². The van der Waals surface area contributed by atoms with Crippen molar-refractivity contribution in [1.82, 2.24) is 0 Å². The van der Waals surface area contributed by atoms with Gasteiger partial charge in [0.1, 0.15) is 0 Å². The van der Waals surface area contributed by atoms with Crippen LogP contribution in [0.4, 0.5) is 0 Å². The van der Waals surface area contributed by atoms with Gasteiger partial charge in [0.15, 0.2) is 0 Å². The van der Waals surface area contributed by atoms with E-state index in [4.69, 9.17) is 45.2 Å². The summed E-state index contributed by atoms with van der Waals surface area (Å²) in [5, 5.41) is 75.8. The zero-order valence-corrected chi connectivity index (χ0v) is 19.9. The van der Waals surface area contributed by atoms with Gasteiger partial charge in [-0.3, -0.25) is 22.0 Å². The Kier molecular flexibility index (Phi) is 293. The van der Waals surface area contributed by atoms with E-state index in [-0.39, 0.29) is 172 Å². The first kappa shape index (κ1) is 83.3. The molecule has 21 heavy (non-hydrogen) atoms. The summed E-state index contributed by atoms with van der Waals surface area (Å²) in [4.78, 5) is 0. The molecule has 0 fully saturated rings. The first-order valence-electron chi connectivity index (χ1n) is 2.12. The van der Waals surface area contributed by atoms with Crippen molar-refractivity contribution in [3.63, 3.8) is 0 Å².